The van der Waals surface area contributed by atoms with Crippen molar-refractivity contribution >= 4 is 21.8 Å². The topological polar surface area (TPSA) is 107 Å². The summed E-state index contributed by atoms with van der Waals surface area (Å²) in [5, 5.41) is 11.8. The molecule has 0 unspecified atom stereocenters. The van der Waals surface area contributed by atoms with Gasteiger partial charge in [-0.1, -0.05) is 42.0 Å². The van der Waals surface area contributed by atoms with Gasteiger partial charge in [-0.25, -0.2) is 8.42 Å². The number of carbonyl (C=O) groups is 2. The molecule has 2 aliphatic rings. The van der Waals surface area contributed by atoms with Crippen LogP contribution in [0, 0.1) is 6.92 Å². The predicted octanol–water partition coefficient (Wildman–Crippen LogP) is 2.59. The van der Waals surface area contributed by atoms with Gasteiger partial charge in [-0.2, -0.15) is 0 Å². The molecule has 8 nitrogen and oxygen atoms in total. The molecule has 0 aromatic heterocycles. The number of aryl methyl sites for hydroxylation is 1. The zero-order chi connectivity index (χ0) is 24.3. The molecule has 1 saturated heterocycles. The number of nitrogens with zero attached hydrogens (tertiary/aromatic N) is 2. The molecule has 2 atom stereocenters. The molecule has 2 amide bonds. The smallest absolute Gasteiger partial charge is 0.264 e. The lowest BCUT2D eigenvalue weighted by Gasteiger charge is -2.38. The largest absolute Gasteiger partial charge is 0.392 e. The van der Waals surface area contributed by atoms with Crippen LogP contribution in [0.4, 0.5) is 0 Å². The highest BCUT2D eigenvalue weighted by Crippen LogP contribution is 2.33. The Hall–Kier alpha value is -3.17. The molecule has 180 valence electrons. The normalized spacial score (nSPS) is 20.8. The standard InChI is InChI=1S/C25H29N3O5S/c1-18-5-11-21(12-6-18)34(32,33)28-15-13-26-25(31)23(28)16-24(30)27-14-3-2-4-22(27)20-9-7-19(17-29)8-10-20/h5-13,15,22-23,29H,2-4,14,16-17H2,1H3,(H,26,31)/t22-,23+/m0/s1. The van der Waals surface area contributed by atoms with E-state index in [9.17, 15) is 23.1 Å². The second kappa shape index (κ2) is 9.99. The summed E-state index contributed by atoms with van der Waals surface area (Å²) in [5.74, 6) is -0.803. The number of aliphatic hydroxyl groups is 1. The Kier molecular flexibility index (Phi) is 7.04. The van der Waals surface area contributed by atoms with Gasteiger partial charge < -0.3 is 15.3 Å². The number of sulfonamides is 1. The lowest BCUT2D eigenvalue weighted by atomic mass is 9.94. The number of aliphatic hydroxyl groups excluding tert-OH is 1. The maximum absolute atomic E-state index is 13.4. The molecule has 34 heavy (non-hydrogen) atoms. The van der Waals surface area contributed by atoms with Gasteiger partial charge in [-0.15, -0.1) is 0 Å². The molecule has 0 bridgehead atoms. The van der Waals surface area contributed by atoms with Crippen LogP contribution >= 0.6 is 0 Å². The van der Waals surface area contributed by atoms with Crippen molar-refractivity contribution in [3.05, 3.63) is 77.6 Å². The number of rotatable bonds is 6. The molecule has 0 radical (unpaired) electrons. The molecule has 2 aliphatic heterocycles. The highest BCUT2D eigenvalue weighted by Gasteiger charge is 2.39. The summed E-state index contributed by atoms with van der Waals surface area (Å²) in [4.78, 5) is 28.0. The third-order valence-corrected chi connectivity index (χ3v) is 8.19. The van der Waals surface area contributed by atoms with Crippen molar-refractivity contribution in [2.75, 3.05) is 6.54 Å². The summed E-state index contributed by atoms with van der Waals surface area (Å²) in [6.45, 7) is 2.35. The van der Waals surface area contributed by atoms with Crippen LogP contribution in [0.25, 0.3) is 0 Å². The van der Waals surface area contributed by atoms with Crippen LogP contribution in [0.15, 0.2) is 65.8 Å². The first-order valence-electron chi connectivity index (χ1n) is 11.4. The Labute approximate surface area is 199 Å². The van der Waals surface area contributed by atoms with Gasteiger partial charge in [0.1, 0.15) is 6.04 Å². The van der Waals surface area contributed by atoms with Crippen LogP contribution < -0.4 is 5.32 Å². The highest BCUT2D eigenvalue weighted by molar-refractivity contribution is 7.89. The van der Waals surface area contributed by atoms with E-state index in [1.165, 1.54) is 24.5 Å². The van der Waals surface area contributed by atoms with Crippen molar-refractivity contribution < 1.29 is 23.1 Å². The van der Waals surface area contributed by atoms with E-state index in [4.69, 9.17) is 0 Å². The summed E-state index contributed by atoms with van der Waals surface area (Å²) in [6, 6.07) is 12.5. The van der Waals surface area contributed by atoms with E-state index >= 15 is 0 Å². The first-order chi connectivity index (χ1) is 16.3. The molecule has 4 rings (SSSR count). The van der Waals surface area contributed by atoms with Crippen molar-refractivity contribution in [1.29, 1.82) is 0 Å². The Morgan fingerprint density at radius 2 is 1.79 bits per heavy atom. The van der Waals surface area contributed by atoms with Crippen LogP contribution in [0.2, 0.25) is 0 Å². The van der Waals surface area contributed by atoms with Crippen molar-refractivity contribution in [3.8, 4) is 0 Å². The van der Waals surface area contributed by atoms with Crippen molar-refractivity contribution in [1.82, 2.24) is 14.5 Å². The number of hydrogen-bond donors (Lipinski definition) is 2. The minimum absolute atomic E-state index is 0.0524. The van der Waals surface area contributed by atoms with Gasteiger partial charge in [0.25, 0.3) is 10.0 Å². The fraction of sp³-hybridized carbons (Fsp3) is 0.360. The van der Waals surface area contributed by atoms with Gasteiger partial charge in [0.05, 0.1) is 24.0 Å². The fourth-order valence-electron chi connectivity index (χ4n) is 4.48. The molecule has 9 heteroatoms. The number of carbonyl (C=O) groups excluding carboxylic acids is 2. The second-order valence-corrected chi connectivity index (χ2v) is 10.5. The Balaban J connectivity index is 1.58. The molecule has 2 heterocycles. The first-order valence-corrected chi connectivity index (χ1v) is 12.8. The number of piperidine rings is 1. The van der Waals surface area contributed by atoms with E-state index in [0.717, 1.165) is 40.3 Å². The summed E-state index contributed by atoms with van der Waals surface area (Å²) >= 11 is 0. The minimum Gasteiger partial charge on any atom is -0.392 e. The van der Waals surface area contributed by atoms with Gasteiger partial charge in [0.15, 0.2) is 0 Å². The summed E-state index contributed by atoms with van der Waals surface area (Å²) in [6.07, 6.45) is 4.92. The Morgan fingerprint density at radius 3 is 2.47 bits per heavy atom. The Morgan fingerprint density at radius 1 is 1.09 bits per heavy atom. The molecule has 2 N–H and O–H groups in total. The molecular formula is C25H29N3O5S. The van der Waals surface area contributed by atoms with Gasteiger partial charge in [0.2, 0.25) is 11.8 Å². The number of likely N-dealkylation sites (tertiary alicyclic amines) is 1. The summed E-state index contributed by atoms with van der Waals surface area (Å²) in [7, 11) is -4.02. The number of amides is 2. The van der Waals surface area contributed by atoms with Gasteiger partial charge in [-0.3, -0.25) is 13.9 Å². The lowest BCUT2D eigenvalue weighted by Crippen LogP contribution is -2.52. The third kappa shape index (κ3) is 4.85. The van der Waals surface area contributed by atoms with E-state index in [2.05, 4.69) is 5.32 Å². The van der Waals surface area contributed by atoms with Crippen LogP contribution in [-0.4, -0.2) is 47.1 Å². The van der Waals surface area contributed by atoms with Crippen molar-refractivity contribution in [3.63, 3.8) is 0 Å². The highest BCUT2D eigenvalue weighted by atomic mass is 32.2. The van der Waals surface area contributed by atoms with E-state index in [0.29, 0.717) is 6.54 Å². The van der Waals surface area contributed by atoms with E-state index in [-0.39, 0.29) is 29.9 Å². The molecule has 0 spiro atoms. The molecule has 1 fully saturated rings. The first kappa shape index (κ1) is 24.0. The van der Waals surface area contributed by atoms with E-state index in [1.54, 1.807) is 17.0 Å². The fourth-order valence-corrected chi connectivity index (χ4v) is 5.93. The van der Waals surface area contributed by atoms with Crippen LogP contribution in [-0.2, 0) is 26.2 Å². The summed E-state index contributed by atoms with van der Waals surface area (Å²) < 4.78 is 27.6. The van der Waals surface area contributed by atoms with E-state index < -0.39 is 22.0 Å². The quantitative estimate of drug-likeness (QED) is 0.657. The average molecular weight is 484 g/mol. The third-order valence-electron chi connectivity index (χ3n) is 6.39. The number of hydrogen-bond acceptors (Lipinski definition) is 5. The number of benzene rings is 2. The van der Waals surface area contributed by atoms with Crippen LogP contribution in [0.1, 0.15) is 48.4 Å². The Bertz CT molecular complexity index is 1180. The SMILES string of the molecule is Cc1ccc(S(=O)(=O)N2C=CNC(=O)[C@H]2CC(=O)N2CCCC[C@H]2c2ccc(CO)cc2)cc1. The van der Waals surface area contributed by atoms with Gasteiger partial charge in [0, 0.05) is 18.9 Å². The molecular weight excluding hydrogens is 454 g/mol. The second-order valence-electron chi connectivity index (χ2n) is 8.69. The van der Waals surface area contributed by atoms with Crippen LogP contribution in [0.3, 0.4) is 0 Å². The van der Waals surface area contributed by atoms with Gasteiger partial charge >= 0.3 is 0 Å². The molecule has 0 aliphatic carbocycles. The maximum Gasteiger partial charge on any atom is 0.264 e. The minimum atomic E-state index is -4.02. The summed E-state index contributed by atoms with van der Waals surface area (Å²) in [5.41, 5.74) is 2.67. The lowest BCUT2D eigenvalue weighted by molar-refractivity contribution is -0.138. The van der Waals surface area contributed by atoms with E-state index in [1.807, 2.05) is 31.2 Å². The monoisotopic (exact) mass is 483 g/mol. The predicted molar refractivity (Wildman–Crippen MR) is 127 cm³/mol. The zero-order valence-corrected chi connectivity index (χ0v) is 19.9. The zero-order valence-electron chi connectivity index (χ0n) is 19.1. The molecule has 0 saturated carbocycles. The molecule has 2 aromatic rings. The molecule has 2 aromatic carbocycles. The maximum atomic E-state index is 13.4. The van der Waals surface area contributed by atoms with Gasteiger partial charge in [-0.05, 0) is 49.4 Å². The van der Waals surface area contributed by atoms with Crippen molar-refractivity contribution in [2.24, 2.45) is 0 Å². The van der Waals surface area contributed by atoms with Crippen LogP contribution in [0.5, 0.6) is 0 Å². The van der Waals surface area contributed by atoms with Crippen molar-refractivity contribution in [2.45, 2.75) is 56.2 Å². The number of nitrogens with one attached hydrogen (secondary N) is 1. The average Bonchev–Trinajstić information content (AvgIpc) is 2.85.